The number of carbonyl (C=O) groups is 1. The summed E-state index contributed by atoms with van der Waals surface area (Å²) in [6.07, 6.45) is 4.65. The van der Waals surface area contributed by atoms with Crippen LogP contribution in [-0.2, 0) is 4.79 Å². The molecule has 2 N–H and O–H groups in total. The average Bonchev–Trinajstić information content (AvgIpc) is 2.52. The van der Waals surface area contributed by atoms with Gasteiger partial charge in [-0.25, -0.2) is 0 Å². The summed E-state index contributed by atoms with van der Waals surface area (Å²) >= 11 is 0. The summed E-state index contributed by atoms with van der Waals surface area (Å²) in [7, 11) is 1.90. The standard InChI is InChI=1S/C10H20N2O/c1-8(13)12(2)10-4-3-9(7-10)5-6-11/h9-10H,3-7,11H2,1-2H3. The predicted molar refractivity (Wildman–Crippen MR) is 53.2 cm³/mol. The van der Waals surface area contributed by atoms with Gasteiger partial charge in [-0.05, 0) is 38.1 Å². The third-order valence-electron chi connectivity index (χ3n) is 3.13. The zero-order valence-corrected chi connectivity index (χ0v) is 8.62. The monoisotopic (exact) mass is 184 g/mol. The Morgan fingerprint density at radius 1 is 1.54 bits per heavy atom. The van der Waals surface area contributed by atoms with E-state index >= 15 is 0 Å². The van der Waals surface area contributed by atoms with E-state index in [2.05, 4.69) is 0 Å². The number of amides is 1. The number of rotatable bonds is 3. The minimum Gasteiger partial charge on any atom is -0.343 e. The molecule has 0 aromatic carbocycles. The number of nitrogens with two attached hydrogens (primary N) is 1. The van der Waals surface area contributed by atoms with Crippen LogP contribution in [0, 0.1) is 5.92 Å². The summed E-state index contributed by atoms with van der Waals surface area (Å²) in [5.41, 5.74) is 5.51. The van der Waals surface area contributed by atoms with E-state index < -0.39 is 0 Å². The molecule has 3 heteroatoms. The topological polar surface area (TPSA) is 46.3 Å². The van der Waals surface area contributed by atoms with Crippen LogP contribution in [0.15, 0.2) is 0 Å². The van der Waals surface area contributed by atoms with Crippen molar-refractivity contribution in [2.45, 2.75) is 38.6 Å². The molecule has 2 unspecified atom stereocenters. The lowest BCUT2D eigenvalue weighted by atomic mass is 10.0. The maximum Gasteiger partial charge on any atom is 0.219 e. The molecule has 3 nitrogen and oxygen atoms in total. The molecule has 0 aliphatic heterocycles. The van der Waals surface area contributed by atoms with Crippen LogP contribution in [-0.4, -0.2) is 30.4 Å². The first-order valence-electron chi connectivity index (χ1n) is 5.08. The van der Waals surface area contributed by atoms with Gasteiger partial charge >= 0.3 is 0 Å². The van der Waals surface area contributed by atoms with Crippen molar-refractivity contribution in [3.05, 3.63) is 0 Å². The van der Waals surface area contributed by atoms with Crippen LogP contribution < -0.4 is 5.73 Å². The molecule has 0 heterocycles. The largest absolute Gasteiger partial charge is 0.343 e. The molecule has 1 fully saturated rings. The molecule has 2 atom stereocenters. The Kier molecular flexibility index (Phi) is 3.72. The molecule has 1 aliphatic carbocycles. The lowest BCUT2D eigenvalue weighted by Crippen LogP contribution is -2.33. The van der Waals surface area contributed by atoms with Gasteiger partial charge in [0, 0.05) is 20.0 Å². The third-order valence-corrected chi connectivity index (χ3v) is 3.13. The Balaban J connectivity index is 2.36. The predicted octanol–water partition coefficient (Wildman–Crippen LogP) is 0.982. The van der Waals surface area contributed by atoms with Gasteiger partial charge in [0.1, 0.15) is 0 Å². The van der Waals surface area contributed by atoms with Gasteiger partial charge < -0.3 is 10.6 Å². The molecule has 1 rings (SSSR count). The van der Waals surface area contributed by atoms with E-state index in [0.29, 0.717) is 6.04 Å². The normalized spacial score (nSPS) is 27.6. The zero-order valence-electron chi connectivity index (χ0n) is 8.62. The van der Waals surface area contributed by atoms with Crippen LogP contribution in [0.2, 0.25) is 0 Å². The first-order chi connectivity index (χ1) is 6.15. The Hall–Kier alpha value is -0.570. The Labute approximate surface area is 80.3 Å². The van der Waals surface area contributed by atoms with Crippen molar-refractivity contribution < 1.29 is 4.79 Å². The van der Waals surface area contributed by atoms with E-state index in [1.54, 1.807) is 6.92 Å². The minimum absolute atomic E-state index is 0.179. The maximum atomic E-state index is 11.1. The van der Waals surface area contributed by atoms with Crippen molar-refractivity contribution >= 4 is 5.91 Å². The molecule has 1 aliphatic rings. The first-order valence-corrected chi connectivity index (χ1v) is 5.08. The van der Waals surface area contributed by atoms with Crippen LogP contribution >= 0.6 is 0 Å². The lowest BCUT2D eigenvalue weighted by Gasteiger charge is -2.23. The molecule has 0 aromatic rings. The Morgan fingerprint density at radius 2 is 2.23 bits per heavy atom. The summed E-state index contributed by atoms with van der Waals surface area (Å²) in [6.45, 7) is 2.41. The van der Waals surface area contributed by atoms with Gasteiger partial charge in [0.15, 0.2) is 0 Å². The maximum absolute atomic E-state index is 11.1. The second kappa shape index (κ2) is 4.61. The molecule has 0 bridgehead atoms. The summed E-state index contributed by atoms with van der Waals surface area (Å²) in [5, 5.41) is 0. The van der Waals surface area contributed by atoms with Crippen LogP contribution in [0.5, 0.6) is 0 Å². The highest BCUT2D eigenvalue weighted by atomic mass is 16.2. The molecule has 76 valence electrons. The Bertz CT molecular complexity index is 182. The fraction of sp³-hybridized carbons (Fsp3) is 0.900. The molecule has 0 spiro atoms. The molecular weight excluding hydrogens is 164 g/mol. The molecule has 13 heavy (non-hydrogen) atoms. The number of carbonyl (C=O) groups excluding carboxylic acids is 1. The van der Waals surface area contributed by atoms with E-state index in [9.17, 15) is 4.79 Å². The van der Waals surface area contributed by atoms with Crippen LogP contribution in [0.25, 0.3) is 0 Å². The van der Waals surface area contributed by atoms with Gasteiger partial charge in [-0.2, -0.15) is 0 Å². The first kappa shape index (κ1) is 10.5. The molecule has 0 aromatic heterocycles. The van der Waals surface area contributed by atoms with Crippen LogP contribution in [0.1, 0.15) is 32.6 Å². The Morgan fingerprint density at radius 3 is 2.77 bits per heavy atom. The van der Waals surface area contributed by atoms with E-state index in [0.717, 1.165) is 31.7 Å². The number of nitrogens with zero attached hydrogens (tertiary/aromatic N) is 1. The van der Waals surface area contributed by atoms with E-state index in [4.69, 9.17) is 5.73 Å². The smallest absolute Gasteiger partial charge is 0.219 e. The molecular formula is C10H20N2O. The average molecular weight is 184 g/mol. The zero-order chi connectivity index (χ0) is 9.84. The van der Waals surface area contributed by atoms with E-state index in [1.165, 1.54) is 6.42 Å². The van der Waals surface area contributed by atoms with Gasteiger partial charge in [0.05, 0.1) is 0 Å². The number of hydrogen-bond acceptors (Lipinski definition) is 2. The molecule has 1 amide bonds. The quantitative estimate of drug-likeness (QED) is 0.710. The van der Waals surface area contributed by atoms with Crippen molar-refractivity contribution in [2.24, 2.45) is 11.7 Å². The van der Waals surface area contributed by atoms with E-state index in [-0.39, 0.29) is 5.91 Å². The SMILES string of the molecule is CC(=O)N(C)C1CCC(CCN)C1. The highest BCUT2D eigenvalue weighted by molar-refractivity contribution is 5.73. The summed E-state index contributed by atoms with van der Waals surface area (Å²) < 4.78 is 0. The van der Waals surface area contributed by atoms with Gasteiger partial charge in [0.25, 0.3) is 0 Å². The second-order valence-corrected chi connectivity index (χ2v) is 4.04. The third kappa shape index (κ3) is 2.69. The van der Waals surface area contributed by atoms with Crippen LogP contribution in [0.4, 0.5) is 0 Å². The van der Waals surface area contributed by atoms with Gasteiger partial charge in [0.2, 0.25) is 5.91 Å². The van der Waals surface area contributed by atoms with Crippen molar-refractivity contribution in [3.63, 3.8) is 0 Å². The molecule has 0 radical (unpaired) electrons. The van der Waals surface area contributed by atoms with Crippen molar-refractivity contribution in [1.29, 1.82) is 0 Å². The fourth-order valence-electron chi connectivity index (χ4n) is 2.16. The van der Waals surface area contributed by atoms with Gasteiger partial charge in [-0.15, -0.1) is 0 Å². The lowest BCUT2D eigenvalue weighted by molar-refractivity contribution is -0.129. The van der Waals surface area contributed by atoms with Gasteiger partial charge in [-0.3, -0.25) is 4.79 Å². The second-order valence-electron chi connectivity index (χ2n) is 4.04. The summed E-state index contributed by atoms with van der Waals surface area (Å²) in [6, 6.07) is 0.467. The fourth-order valence-corrected chi connectivity index (χ4v) is 2.16. The molecule has 1 saturated carbocycles. The highest BCUT2D eigenvalue weighted by Crippen LogP contribution is 2.30. The van der Waals surface area contributed by atoms with Crippen molar-refractivity contribution in [1.82, 2.24) is 4.90 Å². The summed E-state index contributed by atoms with van der Waals surface area (Å²) in [5.74, 6) is 0.926. The van der Waals surface area contributed by atoms with Gasteiger partial charge in [-0.1, -0.05) is 0 Å². The van der Waals surface area contributed by atoms with Crippen LogP contribution in [0.3, 0.4) is 0 Å². The molecule has 0 saturated heterocycles. The summed E-state index contributed by atoms with van der Waals surface area (Å²) in [4.78, 5) is 13.0. The van der Waals surface area contributed by atoms with Crippen molar-refractivity contribution in [3.8, 4) is 0 Å². The highest BCUT2D eigenvalue weighted by Gasteiger charge is 2.27. The van der Waals surface area contributed by atoms with E-state index in [1.807, 2.05) is 11.9 Å². The minimum atomic E-state index is 0.179. The van der Waals surface area contributed by atoms with Crippen molar-refractivity contribution in [2.75, 3.05) is 13.6 Å². The number of hydrogen-bond donors (Lipinski definition) is 1.